The van der Waals surface area contributed by atoms with Crippen molar-refractivity contribution in [1.82, 2.24) is 29.7 Å². The normalized spacial score (nSPS) is 12.2. The Balaban J connectivity index is 1.63. The first-order valence-electron chi connectivity index (χ1n) is 9.50. The zero-order chi connectivity index (χ0) is 20.4. The van der Waals surface area contributed by atoms with Crippen LogP contribution in [0.25, 0.3) is 11.3 Å². The molecular formula is C21H21ClN6O. The van der Waals surface area contributed by atoms with Gasteiger partial charge in [-0.3, -0.25) is 9.20 Å². The molecule has 0 spiro atoms. The first-order valence-corrected chi connectivity index (χ1v) is 9.88. The summed E-state index contributed by atoms with van der Waals surface area (Å²) in [6.45, 7) is 3.93. The van der Waals surface area contributed by atoms with E-state index in [2.05, 4.69) is 27.5 Å². The highest BCUT2D eigenvalue weighted by Gasteiger charge is 2.23. The summed E-state index contributed by atoms with van der Waals surface area (Å²) in [5, 5.41) is 16.6. The maximum Gasteiger partial charge on any atom is 0.255 e. The smallest absolute Gasteiger partial charge is 0.255 e. The van der Waals surface area contributed by atoms with Gasteiger partial charge in [0, 0.05) is 6.20 Å². The number of carbonyl (C=O) groups is 1. The van der Waals surface area contributed by atoms with E-state index in [9.17, 15) is 4.79 Å². The first kappa shape index (κ1) is 19.1. The minimum absolute atomic E-state index is 0.202. The van der Waals surface area contributed by atoms with Gasteiger partial charge in [0.2, 0.25) is 0 Å². The number of benzene rings is 1. The summed E-state index contributed by atoms with van der Waals surface area (Å²) < 4.78 is 3.58. The number of nitrogens with zero attached hydrogens (tertiary/aromatic N) is 5. The summed E-state index contributed by atoms with van der Waals surface area (Å²) in [7, 11) is 0. The lowest BCUT2D eigenvalue weighted by Crippen LogP contribution is -2.30. The number of fused-ring (bicyclic) bond motifs is 1. The van der Waals surface area contributed by atoms with E-state index in [0.717, 1.165) is 29.9 Å². The van der Waals surface area contributed by atoms with E-state index in [-0.39, 0.29) is 11.9 Å². The fraction of sp³-hybridized carbons (Fsp3) is 0.238. The summed E-state index contributed by atoms with van der Waals surface area (Å²) in [5.41, 5.74) is 2.71. The number of hydrogen-bond donors (Lipinski definition) is 1. The largest absolute Gasteiger partial charge is 0.342 e. The maximum absolute atomic E-state index is 13.1. The molecule has 4 rings (SSSR count). The van der Waals surface area contributed by atoms with E-state index in [1.807, 2.05) is 53.9 Å². The molecule has 1 amide bonds. The van der Waals surface area contributed by atoms with Gasteiger partial charge < -0.3 is 5.32 Å². The maximum atomic E-state index is 13.1. The molecule has 3 aromatic heterocycles. The zero-order valence-corrected chi connectivity index (χ0v) is 17.0. The van der Waals surface area contributed by atoms with Gasteiger partial charge in [0.25, 0.3) is 5.91 Å². The molecule has 0 bridgehead atoms. The monoisotopic (exact) mass is 408 g/mol. The Morgan fingerprint density at radius 1 is 1.17 bits per heavy atom. The third-order valence-electron chi connectivity index (χ3n) is 4.87. The predicted molar refractivity (Wildman–Crippen MR) is 111 cm³/mol. The second-order valence-electron chi connectivity index (χ2n) is 6.81. The van der Waals surface area contributed by atoms with Crippen LogP contribution in [0.4, 0.5) is 0 Å². The van der Waals surface area contributed by atoms with Crippen molar-refractivity contribution in [2.45, 2.75) is 32.7 Å². The summed E-state index contributed by atoms with van der Waals surface area (Å²) in [4.78, 5) is 13.1. The number of nitrogens with one attached hydrogen (secondary N) is 1. The van der Waals surface area contributed by atoms with E-state index >= 15 is 0 Å². The van der Waals surface area contributed by atoms with Crippen LogP contribution in [-0.4, -0.2) is 30.3 Å². The lowest BCUT2D eigenvalue weighted by molar-refractivity contribution is 0.0931. The fourth-order valence-electron chi connectivity index (χ4n) is 3.39. The molecule has 0 aliphatic carbocycles. The van der Waals surface area contributed by atoms with Crippen LogP contribution in [0.3, 0.4) is 0 Å². The number of halogens is 1. The first-order chi connectivity index (χ1) is 14.1. The van der Waals surface area contributed by atoms with Crippen molar-refractivity contribution < 1.29 is 4.79 Å². The topological polar surface area (TPSA) is 77.1 Å². The molecule has 4 aromatic rings. The Labute approximate surface area is 173 Å². The average Bonchev–Trinajstić information content (AvgIpc) is 3.32. The quantitative estimate of drug-likeness (QED) is 0.520. The van der Waals surface area contributed by atoms with Crippen molar-refractivity contribution >= 4 is 23.2 Å². The second kappa shape index (κ2) is 8.05. The second-order valence-corrected chi connectivity index (χ2v) is 7.22. The van der Waals surface area contributed by atoms with Crippen LogP contribution in [0, 0.1) is 6.92 Å². The molecule has 0 radical (unpaired) electrons. The van der Waals surface area contributed by atoms with E-state index in [0.29, 0.717) is 16.4 Å². The molecule has 1 aromatic carbocycles. The van der Waals surface area contributed by atoms with Gasteiger partial charge in [-0.15, -0.1) is 10.2 Å². The highest BCUT2D eigenvalue weighted by atomic mass is 35.5. The number of amides is 1. The Morgan fingerprint density at radius 2 is 1.97 bits per heavy atom. The Bertz CT molecular complexity index is 1160. The number of rotatable bonds is 6. The minimum Gasteiger partial charge on any atom is -0.342 e. The van der Waals surface area contributed by atoms with Crippen molar-refractivity contribution in [1.29, 1.82) is 0 Å². The lowest BCUT2D eigenvalue weighted by atomic mass is 10.1. The summed E-state index contributed by atoms with van der Waals surface area (Å²) >= 11 is 6.29. The van der Waals surface area contributed by atoms with E-state index < -0.39 is 0 Å². The summed E-state index contributed by atoms with van der Waals surface area (Å²) in [6, 6.07) is 12.9. The molecule has 1 unspecified atom stereocenters. The number of carbonyl (C=O) groups excluding carboxylic acids is 1. The van der Waals surface area contributed by atoms with Crippen LogP contribution in [0.15, 0.2) is 54.9 Å². The molecule has 3 heterocycles. The molecule has 0 aliphatic rings. The van der Waals surface area contributed by atoms with Gasteiger partial charge in [-0.2, -0.15) is 5.10 Å². The molecule has 0 fully saturated rings. The van der Waals surface area contributed by atoms with Crippen molar-refractivity contribution in [2.75, 3.05) is 0 Å². The van der Waals surface area contributed by atoms with E-state index in [1.54, 1.807) is 16.9 Å². The lowest BCUT2D eigenvalue weighted by Gasteiger charge is -2.16. The number of para-hydroxylation sites is 1. The van der Waals surface area contributed by atoms with Gasteiger partial charge in [-0.05, 0) is 37.6 Å². The van der Waals surface area contributed by atoms with E-state index in [4.69, 9.17) is 11.6 Å². The van der Waals surface area contributed by atoms with Crippen molar-refractivity contribution in [3.05, 3.63) is 77.0 Å². The van der Waals surface area contributed by atoms with Crippen molar-refractivity contribution in [2.24, 2.45) is 0 Å². The third-order valence-corrected chi connectivity index (χ3v) is 5.19. The predicted octanol–water partition coefficient (Wildman–Crippen LogP) is 4.15. The summed E-state index contributed by atoms with van der Waals surface area (Å²) in [5.74, 6) is 0.513. The summed E-state index contributed by atoms with van der Waals surface area (Å²) in [6.07, 6.45) is 5.11. The van der Waals surface area contributed by atoms with Crippen LogP contribution in [0.2, 0.25) is 5.02 Å². The molecule has 29 heavy (non-hydrogen) atoms. The van der Waals surface area contributed by atoms with Gasteiger partial charge in [-0.25, -0.2) is 4.68 Å². The standard InChI is InChI=1S/C21H21ClN6O/c1-3-8-17(20-26-25-19-11-6-7-12-27(19)20)24-21(29)15-13-23-28(14(15)2)18-10-5-4-9-16(18)22/h4-7,9-13,17H,3,8H2,1-2H3,(H,24,29). The molecule has 148 valence electrons. The van der Waals surface area contributed by atoms with Gasteiger partial charge in [0.05, 0.1) is 34.2 Å². The molecule has 0 saturated carbocycles. The molecule has 7 nitrogen and oxygen atoms in total. The molecule has 0 aliphatic heterocycles. The third kappa shape index (κ3) is 3.61. The molecule has 0 saturated heterocycles. The van der Waals surface area contributed by atoms with Gasteiger partial charge in [0.15, 0.2) is 11.5 Å². The molecular weight excluding hydrogens is 388 g/mol. The van der Waals surface area contributed by atoms with Gasteiger partial charge >= 0.3 is 0 Å². The highest BCUT2D eigenvalue weighted by Crippen LogP contribution is 2.23. The number of hydrogen-bond acceptors (Lipinski definition) is 4. The highest BCUT2D eigenvalue weighted by molar-refractivity contribution is 6.32. The zero-order valence-electron chi connectivity index (χ0n) is 16.2. The Morgan fingerprint density at radius 3 is 2.76 bits per heavy atom. The molecule has 1 N–H and O–H groups in total. The van der Waals surface area contributed by atoms with Crippen LogP contribution in [-0.2, 0) is 0 Å². The number of pyridine rings is 1. The van der Waals surface area contributed by atoms with Crippen LogP contribution in [0.5, 0.6) is 0 Å². The van der Waals surface area contributed by atoms with Crippen LogP contribution >= 0.6 is 11.6 Å². The van der Waals surface area contributed by atoms with Gasteiger partial charge in [0.1, 0.15) is 0 Å². The van der Waals surface area contributed by atoms with Crippen LogP contribution in [0.1, 0.15) is 47.7 Å². The average molecular weight is 409 g/mol. The number of aromatic nitrogens is 5. The minimum atomic E-state index is -0.257. The van der Waals surface area contributed by atoms with Crippen molar-refractivity contribution in [3.8, 4) is 5.69 Å². The van der Waals surface area contributed by atoms with Crippen molar-refractivity contribution in [3.63, 3.8) is 0 Å². The van der Waals surface area contributed by atoms with Gasteiger partial charge in [-0.1, -0.05) is 43.1 Å². The molecule has 1 atom stereocenters. The molecule has 8 heteroatoms. The Kier molecular flexibility index (Phi) is 5.31. The Hall–Kier alpha value is -3.19. The fourth-order valence-corrected chi connectivity index (χ4v) is 3.60. The SMILES string of the molecule is CCCC(NC(=O)c1cnn(-c2ccccc2Cl)c1C)c1nnc2ccccn12. The van der Waals surface area contributed by atoms with Crippen LogP contribution < -0.4 is 5.32 Å². The van der Waals surface area contributed by atoms with E-state index in [1.165, 1.54) is 0 Å².